The summed E-state index contributed by atoms with van der Waals surface area (Å²) in [7, 11) is 3.78. The third-order valence-electron chi connectivity index (χ3n) is 3.93. The Hall–Kier alpha value is -2.18. The van der Waals surface area contributed by atoms with Gasteiger partial charge in [-0.25, -0.2) is 8.78 Å². The number of hydrogen-bond donors (Lipinski definition) is 1. The number of nitrogens with one attached hydrogen (secondary N) is 1. The van der Waals surface area contributed by atoms with Crippen molar-refractivity contribution in [1.29, 1.82) is 0 Å². The molecule has 0 saturated heterocycles. The summed E-state index contributed by atoms with van der Waals surface area (Å²) >= 11 is 6.25. The molecule has 0 spiro atoms. The van der Waals surface area contributed by atoms with Gasteiger partial charge in [-0.1, -0.05) is 29.8 Å². The Kier molecular flexibility index (Phi) is 6.94. The molecule has 0 saturated carbocycles. The molecular weight excluding hydrogens is 362 g/mol. The van der Waals surface area contributed by atoms with Gasteiger partial charge >= 0.3 is 0 Å². The second kappa shape index (κ2) is 8.96. The number of carbonyl (C=O) groups is 1. The first kappa shape index (κ1) is 20.1. The second-order valence-corrected chi connectivity index (χ2v) is 6.49. The van der Waals surface area contributed by atoms with Crippen LogP contribution in [0.25, 0.3) is 0 Å². The van der Waals surface area contributed by atoms with Gasteiger partial charge in [0.05, 0.1) is 6.04 Å². The third-order valence-corrected chi connectivity index (χ3v) is 4.27. The zero-order chi connectivity index (χ0) is 19.3. The van der Waals surface area contributed by atoms with Crippen LogP contribution in [0.15, 0.2) is 42.5 Å². The van der Waals surface area contributed by atoms with Crippen molar-refractivity contribution < 1.29 is 18.3 Å². The van der Waals surface area contributed by atoms with E-state index in [1.807, 2.05) is 37.2 Å². The maximum atomic E-state index is 13.2. The standard InChI is InChI=1S/C19H21ClF2N2O2/c1-12(26-13-8-9-16(21)17(22)10-13)19(25)23-11-18(24(2)3)14-6-4-5-7-15(14)20/h4-10,12,18H,11H2,1-3H3,(H,23,25). The van der Waals surface area contributed by atoms with E-state index in [-0.39, 0.29) is 17.7 Å². The van der Waals surface area contributed by atoms with Crippen LogP contribution in [0.5, 0.6) is 5.75 Å². The maximum absolute atomic E-state index is 13.2. The van der Waals surface area contributed by atoms with Crippen LogP contribution in [-0.4, -0.2) is 37.6 Å². The molecule has 140 valence electrons. The van der Waals surface area contributed by atoms with Gasteiger partial charge < -0.3 is 15.0 Å². The van der Waals surface area contributed by atoms with Crippen molar-refractivity contribution in [3.8, 4) is 5.75 Å². The lowest BCUT2D eigenvalue weighted by molar-refractivity contribution is -0.127. The molecule has 4 nitrogen and oxygen atoms in total. The number of hydrogen-bond acceptors (Lipinski definition) is 3. The number of halogens is 3. The number of nitrogens with zero attached hydrogens (tertiary/aromatic N) is 1. The zero-order valence-corrected chi connectivity index (χ0v) is 15.6. The number of carbonyl (C=O) groups excluding carboxylic acids is 1. The Balaban J connectivity index is 1.99. The van der Waals surface area contributed by atoms with E-state index in [1.165, 1.54) is 13.0 Å². The summed E-state index contributed by atoms with van der Waals surface area (Å²) in [4.78, 5) is 14.2. The van der Waals surface area contributed by atoms with Gasteiger partial charge in [0.15, 0.2) is 17.7 Å². The fraction of sp³-hybridized carbons (Fsp3) is 0.316. The predicted octanol–water partition coefficient (Wildman–Crippen LogP) is 3.80. The Morgan fingerprint density at radius 2 is 1.88 bits per heavy atom. The minimum Gasteiger partial charge on any atom is -0.481 e. The molecule has 2 aromatic rings. The minimum absolute atomic E-state index is 0.0850. The smallest absolute Gasteiger partial charge is 0.260 e. The van der Waals surface area contributed by atoms with E-state index in [0.29, 0.717) is 11.6 Å². The molecule has 1 N–H and O–H groups in total. The lowest BCUT2D eigenvalue weighted by Gasteiger charge is -2.26. The van der Waals surface area contributed by atoms with Crippen LogP contribution in [0.2, 0.25) is 5.02 Å². The number of ether oxygens (including phenoxy) is 1. The van der Waals surface area contributed by atoms with E-state index >= 15 is 0 Å². The molecule has 0 aliphatic carbocycles. The zero-order valence-electron chi connectivity index (χ0n) is 14.8. The van der Waals surface area contributed by atoms with Crippen molar-refractivity contribution in [3.63, 3.8) is 0 Å². The first-order valence-corrected chi connectivity index (χ1v) is 8.47. The Morgan fingerprint density at radius 1 is 1.19 bits per heavy atom. The topological polar surface area (TPSA) is 41.6 Å². The monoisotopic (exact) mass is 382 g/mol. The molecule has 2 atom stereocenters. The van der Waals surface area contributed by atoms with Crippen LogP contribution >= 0.6 is 11.6 Å². The molecule has 0 heterocycles. The summed E-state index contributed by atoms with van der Waals surface area (Å²) in [6.07, 6.45) is -0.867. The molecular formula is C19H21ClF2N2O2. The van der Waals surface area contributed by atoms with E-state index in [0.717, 1.165) is 17.7 Å². The highest BCUT2D eigenvalue weighted by molar-refractivity contribution is 6.31. The van der Waals surface area contributed by atoms with E-state index in [1.54, 1.807) is 6.07 Å². The molecule has 2 unspecified atom stereocenters. The number of likely N-dealkylation sites (N-methyl/N-ethyl adjacent to an activating group) is 1. The summed E-state index contributed by atoms with van der Waals surface area (Å²) in [5.74, 6) is -2.28. The van der Waals surface area contributed by atoms with E-state index in [9.17, 15) is 13.6 Å². The van der Waals surface area contributed by atoms with Gasteiger partial charge in [0.1, 0.15) is 5.75 Å². The van der Waals surface area contributed by atoms with Gasteiger partial charge in [0, 0.05) is 17.6 Å². The highest BCUT2D eigenvalue weighted by Gasteiger charge is 2.21. The summed E-state index contributed by atoms with van der Waals surface area (Å²) < 4.78 is 31.5. The summed E-state index contributed by atoms with van der Waals surface area (Å²) in [5.41, 5.74) is 0.897. The van der Waals surface area contributed by atoms with Gasteiger partial charge in [0.2, 0.25) is 0 Å². The van der Waals surface area contributed by atoms with Crippen LogP contribution in [-0.2, 0) is 4.79 Å². The van der Waals surface area contributed by atoms with E-state index < -0.39 is 17.7 Å². The van der Waals surface area contributed by atoms with Crippen molar-refractivity contribution in [2.75, 3.05) is 20.6 Å². The normalized spacial score (nSPS) is 13.3. The van der Waals surface area contributed by atoms with Gasteiger partial charge in [-0.05, 0) is 44.8 Å². The average molecular weight is 383 g/mol. The molecule has 26 heavy (non-hydrogen) atoms. The van der Waals surface area contributed by atoms with E-state index in [4.69, 9.17) is 16.3 Å². The number of amides is 1. The summed E-state index contributed by atoms with van der Waals surface area (Å²) in [5, 5.41) is 3.42. The lowest BCUT2D eigenvalue weighted by Crippen LogP contribution is -2.41. The molecule has 1 amide bonds. The highest BCUT2D eigenvalue weighted by Crippen LogP contribution is 2.25. The quantitative estimate of drug-likeness (QED) is 0.791. The predicted molar refractivity (Wildman–Crippen MR) is 97.3 cm³/mol. The van der Waals surface area contributed by atoms with Crippen LogP contribution in [0, 0.1) is 11.6 Å². The van der Waals surface area contributed by atoms with Crippen molar-refractivity contribution in [1.82, 2.24) is 10.2 Å². The minimum atomic E-state index is -1.03. The molecule has 0 aromatic heterocycles. The molecule has 0 aliphatic heterocycles. The van der Waals surface area contributed by atoms with Crippen LogP contribution in [0.4, 0.5) is 8.78 Å². The molecule has 2 aromatic carbocycles. The Morgan fingerprint density at radius 3 is 2.50 bits per heavy atom. The van der Waals surface area contributed by atoms with Crippen molar-refractivity contribution in [2.45, 2.75) is 19.1 Å². The van der Waals surface area contributed by atoms with Gasteiger partial charge in [-0.3, -0.25) is 4.79 Å². The average Bonchev–Trinajstić information content (AvgIpc) is 2.59. The van der Waals surface area contributed by atoms with E-state index in [2.05, 4.69) is 5.32 Å². The fourth-order valence-electron chi connectivity index (χ4n) is 2.46. The number of rotatable bonds is 7. The Labute approximate surface area is 156 Å². The lowest BCUT2D eigenvalue weighted by atomic mass is 10.1. The molecule has 7 heteroatoms. The first-order valence-electron chi connectivity index (χ1n) is 8.10. The summed E-state index contributed by atoms with van der Waals surface area (Å²) in [6.45, 7) is 1.86. The first-order chi connectivity index (χ1) is 12.3. The second-order valence-electron chi connectivity index (χ2n) is 6.08. The van der Waals surface area contributed by atoms with Gasteiger partial charge in [-0.15, -0.1) is 0 Å². The largest absolute Gasteiger partial charge is 0.481 e. The molecule has 2 rings (SSSR count). The maximum Gasteiger partial charge on any atom is 0.260 e. The fourth-order valence-corrected chi connectivity index (χ4v) is 2.73. The Bertz CT molecular complexity index is 771. The number of benzene rings is 2. The molecule has 0 aliphatic rings. The van der Waals surface area contributed by atoms with Crippen molar-refractivity contribution in [3.05, 3.63) is 64.7 Å². The van der Waals surface area contributed by atoms with Gasteiger partial charge in [-0.2, -0.15) is 0 Å². The van der Waals surface area contributed by atoms with Crippen LogP contribution < -0.4 is 10.1 Å². The molecule has 0 bridgehead atoms. The summed E-state index contributed by atoms with van der Waals surface area (Å²) in [6, 6.07) is 10.4. The SMILES string of the molecule is CC(Oc1ccc(F)c(F)c1)C(=O)NCC(c1ccccc1Cl)N(C)C. The highest BCUT2D eigenvalue weighted by atomic mass is 35.5. The van der Waals surface area contributed by atoms with Crippen molar-refractivity contribution >= 4 is 17.5 Å². The molecule has 0 radical (unpaired) electrons. The van der Waals surface area contributed by atoms with Crippen molar-refractivity contribution in [2.24, 2.45) is 0 Å². The third kappa shape index (κ3) is 5.16. The van der Waals surface area contributed by atoms with Gasteiger partial charge in [0.25, 0.3) is 5.91 Å². The molecule has 0 fully saturated rings. The van der Waals surface area contributed by atoms with Crippen LogP contribution in [0.1, 0.15) is 18.5 Å². The van der Waals surface area contributed by atoms with Crippen LogP contribution in [0.3, 0.4) is 0 Å².